The van der Waals surface area contributed by atoms with Gasteiger partial charge in [0.15, 0.2) is 6.10 Å². The van der Waals surface area contributed by atoms with Gasteiger partial charge in [-0.1, -0.05) is 268 Å². The molecule has 0 rings (SSSR count). The number of esters is 3. The molecule has 0 amide bonds. The van der Waals surface area contributed by atoms with Crippen molar-refractivity contribution in [1.82, 2.24) is 0 Å². The molecule has 73 heavy (non-hydrogen) atoms. The second-order valence-electron chi connectivity index (χ2n) is 21.7. The maximum atomic E-state index is 12.9. The monoisotopic (exact) mass is 1020 g/mol. The molecule has 0 aromatic carbocycles. The first-order chi connectivity index (χ1) is 36.0. The summed E-state index contributed by atoms with van der Waals surface area (Å²) in [5, 5.41) is 0. The van der Waals surface area contributed by atoms with Gasteiger partial charge in [-0.05, 0) is 103 Å². The molecular formula is C67H122O6. The summed E-state index contributed by atoms with van der Waals surface area (Å²) in [7, 11) is 0. The lowest BCUT2D eigenvalue weighted by atomic mass is 10.0. The van der Waals surface area contributed by atoms with Gasteiger partial charge in [-0.2, -0.15) is 0 Å². The Bertz CT molecular complexity index is 1270. The molecule has 6 nitrogen and oxygen atoms in total. The Morgan fingerprint density at radius 3 is 0.808 bits per heavy atom. The second-order valence-corrected chi connectivity index (χ2v) is 21.7. The Labute approximate surface area is 454 Å². The summed E-state index contributed by atoms with van der Waals surface area (Å²) in [5.74, 6) is -0.864. The molecule has 0 spiro atoms. The first kappa shape index (κ1) is 70.4. The predicted molar refractivity (Wildman–Crippen MR) is 316 cm³/mol. The van der Waals surface area contributed by atoms with Crippen LogP contribution in [0.25, 0.3) is 0 Å². The minimum Gasteiger partial charge on any atom is -0.462 e. The number of allylic oxidation sites excluding steroid dienone is 8. The van der Waals surface area contributed by atoms with Crippen molar-refractivity contribution in [2.24, 2.45) is 0 Å². The maximum absolute atomic E-state index is 12.9. The van der Waals surface area contributed by atoms with Gasteiger partial charge in [-0.25, -0.2) is 0 Å². The zero-order chi connectivity index (χ0) is 52.9. The van der Waals surface area contributed by atoms with Crippen molar-refractivity contribution in [2.45, 2.75) is 348 Å². The van der Waals surface area contributed by atoms with Crippen molar-refractivity contribution in [2.75, 3.05) is 13.2 Å². The lowest BCUT2D eigenvalue weighted by molar-refractivity contribution is -0.167. The summed E-state index contributed by atoms with van der Waals surface area (Å²) in [6, 6.07) is 0. The van der Waals surface area contributed by atoms with Crippen molar-refractivity contribution in [1.29, 1.82) is 0 Å². The summed E-state index contributed by atoms with van der Waals surface area (Å²) in [4.78, 5) is 38.3. The normalized spacial score (nSPS) is 12.3. The SMILES string of the molecule is CCCCC/C=C\C/C=C\CCCCCCCCCCCC(=O)O[C@@H](COC(=O)CCCCCCCCC/C=C\CCCCCC)COC(=O)CCCCCCCCCCCCC/C=C\CCCCCCCC. The standard InChI is InChI=1S/C67H122O6/c1-4-7-10-13-16-19-22-25-28-30-32-33-35-36-39-42-45-48-51-54-57-60-66(69)72-63-64(62-71-65(68)59-56-53-50-47-44-41-38-27-24-21-18-15-12-9-6-3)73-67(70)61-58-55-52-49-46-43-40-37-34-31-29-26-23-20-17-14-11-8-5-2/h17,20-21,24-26,28-29,64H,4-16,18-19,22-23,27,30-63H2,1-3H3/b20-17-,24-21-,28-25-,29-26-/t64-/m0/s1. The third-order valence-corrected chi connectivity index (χ3v) is 14.3. The fraction of sp³-hybridized carbons (Fsp3) is 0.836. The van der Waals surface area contributed by atoms with Gasteiger partial charge in [0.1, 0.15) is 13.2 Å². The zero-order valence-corrected chi connectivity index (χ0v) is 48.9. The van der Waals surface area contributed by atoms with Crippen LogP contribution in [-0.2, 0) is 28.6 Å². The van der Waals surface area contributed by atoms with E-state index < -0.39 is 6.10 Å². The minimum absolute atomic E-state index is 0.0740. The first-order valence-corrected chi connectivity index (χ1v) is 32.1. The molecule has 426 valence electrons. The average molecular weight is 1020 g/mol. The van der Waals surface area contributed by atoms with Gasteiger partial charge >= 0.3 is 17.9 Å². The van der Waals surface area contributed by atoms with Crippen LogP contribution in [0, 0.1) is 0 Å². The van der Waals surface area contributed by atoms with Crippen LogP contribution in [-0.4, -0.2) is 37.2 Å². The van der Waals surface area contributed by atoms with E-state index in [1.54, 1.807) is 0 Å². The number of hydrogen-bond acceptors (Lipinski definition) is 6. The molecule has 0 N–H and O–H groups in total. The number of unbranched alkanes of at least 4 members (excludes halogenated alkanes) is 40. The maximum Gasteiger partial charge on any atom is 0.306 e. The van der Waals surface area contributed by atoms with Gasteiger partial charge in [-0.15, -0.1) is 0 Å². The quantitative estimate of drug-likeness (QED) is 0.0261. The average Bonchev–Trinajstić information content (AvgIpc) is 3.39. The molecule has 0 bridgehead atoms. The Hall–Kier alpha value is -2.63. The zero-order valence-electron chi connectivity index (χ0n) is 48.9. The Balaban J connectivity index is 4.33. The molecular weight excluding hydrogens is 901 g/mol. The lowest BCUT2D eigenvalue weighted by Crippen LogP contribution is -2.30. The van der Waals surface area contributed by atoms with Gasteiger partial charge < -0.3 is 14.2 Å². The van der Waals surface area contributed by atoms with E-state index in [4.69, 9.17) is 14.2 Å². The van der Waals surface area contributed by atoms with Crippen molar-refractivity contribution >= 4 is 17.9 Å². The van der Waals surface area contributed by atoms with E-state index in [9.17, 15) is 14.4 Å². The van der Waals surface area contributed by atoms with Crippen molar-refractivity contribution in [3.05, 3.63) is 48.6 Å². The van der Waals surface area contributed by atoms with Crippen LogP contribution >= 0.6 is 0 Å². The fourth-order valence-electron chi connectivity index (χ4n) is 9.41. The highest BCUT2D eigenvalue weighted by Crippen LogP contribution is 2.17. The summed E-state index contributed by atoms with van der Waals surface area (Å²) in [6.07, 6.45) is 76.8. The van der Waals surface area contributed by atoms with Crippen LogP contribution in [0.1, 0.15) is 342 Å². The molecule has 0 radical (unpaired) electrons. The van der Waals surface area contributed by atoms with Crippen molar-refractivity contribution in [3.8, 4) is 0 Å². The Morgan fingerprint density at radius 1 is 0.274 bits per heavy atom. The van der Waals surface area contributed by atoms with Crippen LogP contribution in [0.5, 0.6) is 0 Å². The van der Waals surface area contributed by atoms with Gasteiger partial charge in [0.25, 0.3) is 0 Å². The molecule has 0 saturated carbocycles. The van der Waals surface area contributed by atoms with Gasteiger partial charge in [0.2, 0.25) is 0 Å². The number of hydrogen-bond donors (Lipinski definition) is 0. The van der Waals surface area contributed by atoms with E-state index in [2.05, 4.69) is 69.4 Å². The van der Waals surface area contributed by atoms with Crippen LogP contribution in [0.2, 0.25) is 0 Å². The molecule has 0 fully saturated rings. The molecule has 0 aliphatic heterocycles. The molecule has 1 atom stereocenters. The molecule has 0 saturated heterocycles. The van der Waals surface area contributed by atoms with E-state index in [1.165, 1.54) is 238 Å². The lowest BCUT2D eigenvalue weighted by Gasteiger charge is -2.18. The highest BCUT2D eigenvalue weighted by atomic mass is 16.6. The highest BCUT2D eigenvalue weighted by Gasteiger charge is 2.19. The molecule has 0 heterocycles. The fourth-order valence-corrected chi connectivity index (χ4v) is 9.41. The van der Waals surface area contributed by atoms with E-state index >= 15 is 0 Å². The molecule has 0 unspecified atom stereocenters. The van der Waals surface area contributed by atoms with E-state index in [1.807, 2.05) is 0 Å². The van der Waals surface area contributed by atoms with Gasteiger partial charge in [-0.3, -0.25) is 14.4 Å². The largest absolute Gasteiger partial charge is 0.462 e. The minimum atomic E-state index is -0.777. The van der Waals surface area contributed by atoms with Crippen LogP contribution in [0.15, 0.2) is 48.6 Å². The highest BCUT2D eigenvalue weighted by molar-refractivity contribution is 5.71. The Morgan fingerprint density at radius 2 is 0.493 bits per heavy atom. The van der Waals surface area contributed by atoms with Crippen molar-refractivity contribution in [3.63, 3.8) is 0 Å². The number of carbonyl (C=O) groups is 3. The van der Waals surface area contributed by atoms with Crippen LogP contribution in [0.4, 0.5) is 0 Å². The van der Waals surface area contributed by atoms with Crippen LogP contribution in [0.3, 0.4) is 0 Å². The summed E-state index contributed by atoms with van der Waals surface area (Å²) >= 11 is 0. The van der Waals surface area contributed by atoms with Gasteiger partial charge in [0.05, 0.1) is 0 Å². The smallest absolute Gasteiger partial charge is 0.306 e. The molecule has 0 aliphatic carbocycles. The van der Waals surface area contributed by atoms with E-state index in [-0.39, 0.29) is 31.1 Å². The third-order valence-electron chi connectivity index (χ3n) is 14.3. The Kier molecular flexibility index (Phi) is 59.7. The summed E-state index contributed by atoms with van der Waals surface area (Å²) in [5.41, 5.74) is 0. The van der Waals surface area contributed by atoms with Crippen molar-refractivity contribution < 1.29 is 28.6 Å². The molecule has 0 aliphatic rings. The third kappa shape index (κ3) is 60.1. The number of carbonyl (C=O) groups excluding carboxylic acids is 3. The molecule has 6 heteroatoms. The topological polar surface area (TPSA) is 78.9 Å². The second kappa shape index (κ2) is 61.9. The van der Waals surface area contributed by atoms with E-state index in [0.29, 0.717) is 19.3 Å². The molecule has 0 aromatic heterocycles. The summed E-state index contributed by atoms with van der Waals surface area (Å²) in [6.45, 7) is 6.64. The molecule has 0 aromatic rings. The van der Waals surface area contributed by atoms with E-state index in [0.717, 1.165) is 64.2 Å². The van der Waals surface area contributed by atoms with Crippen LogP contribution < -0.4 is 0 Å². The number of rotatable bonds is 59. The van der Waals surface area contributed by atoms with Gasteiger partial charge in [0, 0.05) is 19.3 Å². The summed E-state index contributed by atoms with van der Waals surface area (Å²) < 4.78 is 16.9. The first-order valence-electron chi connectivity index (χ1n) is 32.1. The predicted octanol–water partition coefficient (Wildman–Crippen LogP) is 21.8. The number of ether oxygens (including phenoxy) is 3.